The Morgan fingerprint density at radius 3 is 0.731 bits per heavy atom. The molecule has 0 radical (unpaired) electrons. The van der Waals surface area contributed by atoms with Gasteiger partial charge in [0.25, 0.3) is 0 Å². The van der Waals surface area contributed by atoms with Crippen LogP contribution < -0.4 is 0 Å². The number of hydrogen-bond acceptors (Lipinski definition) is 3. The molecule has 0 spiro atoms. The molecule has 0 aliphatic heterocycles. The molecule has 0 amide bonds. The fourth-order valence-electron chi connectivity index (χ4n) is 13.9. The molecule has 0 unspecified atom stereocenters. The zero-order valence-electron chi connectivity index (χ0n) is 51.5. The van der Waals surface area contributed by atoms with Crippen molar-refractivity contribution in [1.82, 2.24) is 28.7 Å². The summed E-state index contributed by atoms with van der Waals surface area (Å²) in [5, 5.41) is 7.09. The second-order valence-corrected chi connectivity index (χ2v) is 26.5. The van der Waals surface area contributed by atoms with Crippen LogP contribution in [0.2, 0.25) is 0 Å². The number of aromatic nitrogens is 6. The van der Waals surface area contributed by atoms with Crippen molar-refractivity contribution in [3.05, 3.63) is 310 Å². The van der Waals surface area contributed by atoms with E-state index in [1.807, 2.05) is 48.5 Å². The third-order valence-corrected chi connectivity index (χ3v) is 19.5. The molecule has 0 saturated heterocycles. The van der Waals surface area contributed by atoms with Crippen molar-refractivity contribution in [3.8, 4) is 95.7 Å². The average molecular weight is 1320 g/mol. The Balaban J connectivity index is 0.881. The van der Waals surface area contributed by atoms with Crippen LogP contribution in [0, 0.1) is 27.7 Å². The van der Waals surface area contributed by atoms with Crippen LogP contribution in [-0.4, -0.2) is 28.7 Å². The van der Waals surface area contributed by atoms with Gasteiger partial charge in [0, 0.05) is 75.0 Å². The van der Waals surface area contributed by atoms with E-state index in [9.17, 15) is 0 Å². The Kier molecular flexibility index (Phi) is 13.6. The monoisotopic (exact) mass is 1320 g/mol. The van der Waals surface area contributed by atoms with Gasteiger partial charge in [0.2, 0.25) is 0 Å². The summed E-state index contributed by atoms with van der Waals surface area (Å²) in [6.07, 6.45) is 0. The van der Waals surface area contributed by atoms with Gasteiger partial charge >= 0.3 is 0 Å². The fraction of sp³-hybridized carbons (Fsp3) is 0.0471. The summed E-state index contributed by atoms with van der Waals surface area (Å²) in [7, 11) is 0. The molecule has 6 nitrogen and oxygen atoms in total. The topological polar surface area (TPSA) is 53.5 Å². The Morgan fingerprint density at radius 1 is 0.215 bits per heavy atom. The van der Waals surface area contributed by atoms with Crippen LogP contribution >= 0.6 is 31.9 Å². The van der Waals surface area contributed by atoms with Crippen molar-refractivity contribution >= 4 is 97.3 Å². The number of benzene rings is 13. The van der Waals surface area contributed by atoms with Gasteiger partial charge in [-0.25, -0.2) is 15.0 Å². The van der Waals surface area contributed by atoms with E-state index in [0.29, 0.717) is 17.5 Å². The SMILES string of the molecule is Cc1cccc(-c2ccc3c(c2)c2cc(-c4cccc(C)c4)ccc2n3-c2ccc3c(c2)c2cc(-n4c5ccc(-c6cccc(C)c6)cc5c5cc(-c6cccc(C)c6)ccc54)ccc2n3-c2ccc(-c3nc(-c4ccc(Br)cc4)nc(-c4ccc(Br)cc4)n3)cc2)c1. The Morgan fingerprint density at radius 2 is 0.441 bits per heavy atom. The van der Waals surface area contributed by atoms with Crippen LogP contribution in [0.4, 0.5) is 0 Å². The van der Waals surface area contributed by atoms with Crippen molar-refractivity contribution in [1.29, 1.82) is 0 Å². The van der Waals surface area contributed by atoms with Crippen LogP contribution in [0.1, 0.15) is 22.3 Å². The van der Waals surface area contributed by atoms with Crippen molar-refractivity contribution < 1.29 is 0 Å². The quantitative estimate of drug-likeness (QED) is 0.137. The zero-order valence-corrected chi connectivity index (χ0v) is 54.7. The molecular formula is C85H58Br2N6. The minimum absolute atomic E-state index is 0.593. The predicted octanol–water partition coefficient (Wildman–Crippen LogP) is 23.6. The summed E-state index contributed by atoms with van der Waals surface area (Å²) in [6.45, 7) is 8.67. The summed E-state index contributed by atoms with van der Waals surface area (Å²) in [4.78, 5) is 15.3. The van der Waals surface area contributed by atoms with Crippen molar-refractivity contribution in [2.75, 3.05) is 0 Å². The van der Waals surface area contributed by atoms with E-state index in [0.717, 1.165) is 86.6 Å². The van der Waals surface area contributed by atoms with Gasteiger partial charge in [-0.3, -0.25) is 0 Å². The van der Waals surface area contributed by atoms with Gasteiger partial charge in [-0.15, -0.1) is 0 Å². The maximum atomic E-state index is 5.13. The van der Waals surface area contributed by atoms with E-state index < -0.39 is 0 Å². The van der Waals surface area contributed by atoms with Gasteiger partial charge in [0.15, 0.2) is 17.5 Å². The third-order valence-electron chi connectivity index (χ3n) is 18.4. The van der Waals surface area contributed by atoms with Gasteiger partial charge in [0.05, 0.1) is 33.1 Å². The van der Waals surface area contributed by atoms with E-state index >= 15 is 0 Å². The van der Waals surface area contributed by atoms with Gasteiger partial charge in [0.1, 0.15) is 0 Å². The molecule has 0 fully saturated rings. The molecule has 8 heteroatoms. The van der Waals surface area contributed by atoms with Crippen molar-refractivity contribution in [3.63, 3.8) is 0 Å². The third kappa shape index (κ3) is 10.1. The number of fused-ring (bicyclic) bond motifs is 9. The first kappa shape index (κ1) is 56.2. The number of nitrogens with zero attached hydrogens (tertiary/aromatic N) is 6. The van der Waals surface area contributed by atoms with Gasteiger partial charge in [-0.1, -0.05) is 200 Å². The number of rotatable bonds is 10. The van der Waals surface area contributed by atoms with E-state index in [1.165, 1.54) is 88.3 Å². The highest BCUT2D eigenvalue weighted by Gasteiger charge is 2.22. The minimum Gasteiger partial charge on any atom is -0.309 e. The molecule has 0 saturated carbocycles. The molecule has 17 aromatic rings. The van der Waals surface area contributed by atoms with Crippen LogP contribution in [0.5, 0.6) is 0 Å². The molecule has 0 N–H and O–H groups in total. The zero-order chi connectivity index (χ0) is 62.6. The summed E-state index contributed by atoms with van der Waals surface area (Å²) >= 11 is 7.24. The highest BCUT2D eigenvalue weighted by atomic mass is 79.9. The molecular weight excluding hydrogens is 1260 g/mol. The number of aryl methyl sites for hydroxylation is 4. The molecule has 0 bridgehead atoms. The van der Waals surface area contributed by atoms with E-state index in [2.05, 4.69) is 304 Å². The Labute approximate surface area is 555 Å². The summed E-state index contributed by atoms with van der Waals surface area (Å²) < 4.78 is 9.33. The second-order valence-electron chi connectivity index (χ2n) is 24.7. The lowest BCUT2D eigenvalue weighted by atomic mass is 9.99. The largest absolute Gasteiger partial charge is 0.309 e. The molecule has 13 aromatic carbocycles. The van der Waals surface area contributed by atoms with Crippen LogP contribution in [-0.2, 0) is 0 Å². The summed E-state index contributed by atoms with van der Waals surface area (Å²) in [5.41, 5.74) is 27.2. The fourth-order valence-corrected chi connectivity index (χ4v) is 14.4. The van der Waals surface area contributed by atoms with Gasteiger partial charge in [-0.2, -0.15) is 0 Å². The van der Waals surface area contributed by atoms with Gasteiger partial charge in [-0.05, 0) is 206 Å². The molecule has 93 heavy (non-hydrogen) atoms. The van der Waals surface area contributed by atoms with Crippen LogP contribution in [0.15, 0.2) is 288 Å². The number of halogens is 2. The summed E-state index contributed by atoms with van der Waals surface area (Å²) in [6, 6.07) is 102. The normalized spacial score (nSPS) is 11.8. The Bertz CT molecular complexity index is 5330. The van der Waals surface area contributed by atoms with E-state index in [4.69, 9.17) is 15.0 Å². The maximum absolute atomic E-state index is 5.13. The van der Waals surface area contributed by atoms with Gasteiger partial charge < -0.3 is 13.7 Å². The molecule has 442 valence electrons. The first-order chi connectivity index (χ1) is 45.5. The van der Waals surface area contributed by atoms with E-state index in [-0.39, 0.29) is 0 Å². The lowest BCUT2D eigenvalue weighted by Crippen LogP contribution is -2.00. The predicted molar refractivity (Wildman–Crippen MR) is 395 cm³/mol. The molecule has 0 atom stereocenters. The molecule has 0 aliphatic carbocycles. The average Bonchev–Trinajstić information content (AvgIpc) is 1.58. The first-order valence-electron chi connectivity index (χ1n) is 31.4. The van der Waals surface area contributed by atoms with Crippen LogP contribution in [0.3, 0.4) is 0 Å². The standard InChI is InChI=1S/C85H58Br2N6/c1-51-9-5-13-58(41-51)62-23-35-77-71(45-62)72-46-63(59-14-6-10-52(2)42-59)24-36-78(72)92(77)69-33-39-81-75(49-69)76-50-70(93-79-37-25-64(60-15-7-11-53(3)43-60)47-73(79)74-48-65(26-38-80(74)93)61-16-8-12-54(4)44-61)34-40-82(76)91(81)68-31-21-57(22-32-68)85-89-83(55-17-27-66(86)28-18-55)88-84(90-85)56-19-29-67(87)30-20-56/h5-50H,1-4H3. The second kappa shape index (κ2) is 22.6. The number of hydrogen-bond donors (Lipinski definition) is 0. The molecule has 4 aromatic heterocycles. The lowest BCUT2D eigenvalue weighted by Gasteiger charge is -2.12. The highest BCUT2D eigenvalue weighted by Crippen LogP contribution is 2.43. The smallest absolute Gasteiger partial charge is 0.164 e. The van der Waals surface area contributed by atoms with Crippen molar-refractivity contribution in [2.45, 2.75) is 27.7 Å². The molecule has 0 aliphatic rings. The highest BCUT2D eigenvalue weighted by molar-refractivity contribution is 9.10. The summed E-state index contributed by atoms with van der Waals surface area (Å²) in [5.74, 6) is 1.80. The van der Waals surface area contributed by atoms with Crippen molar-refractivity contribution in [2.24, 2.45) is 0 Å². The molecule has 17 rings (SSSR count). The minimum atomic E-state index is 0.593. The molecule has 4 heterocycles. The Hall–Kier alpha value is -10.8. The lowest BCUT2D eigenvalue weighted by molar-refractivity contribution is 1.07. The van der Waals surface area contributed by atoms with E-state index in [1.54, 1.807) is 0 Å². The first-order valence-corrected chi connectivity index (χ1v) is 33.0. The van der Waals surface area contributed by atoms with Crippen LogP contribution in [0.25, 0.3) is 161 Å². The maximum Gasteiger partial charge on any atom is 0.164 e.